The third-order valence-corrected chi connectivity index (χ3v) is 3.45. The lowest BCUT2D eigenvalue weighted by Gasteiger charge is -2.40. The first-order valence-corrected chi connectivity index (χ1v) is 5.99. The molecule has 1 aromatic rings. The van der Waals surface area contributed by atoms with Gasteiger partial charge in [-0.1, -0.05) is 0 Å². The van der Waals surface area contributed by atoms with Gasteiger partial charge in [-0.3, -0.25) is 4.79 Å². The molecule has 1 aliphatic carbocycles. The van der Waals surface area contributed by atoms with Crippen molar-refractivity contribution in [1.82, 2.24) is 10.3 Å². The summed E-state index contributed by atoms with van der Waals surface area (Å²) in [5.41, 5.74) is 0.118. The minimum atomic E-state index is -0.399. The molecule has 86 valence electrons. The monoisotopic (exact) mass is 284 g/mol. The number of carbonyl (C=O) groups excluding carboxylic acids is 1. The van der Waals surface area contributed by atoms with Crippen LogP contribution in [0, 0.1) is 0 Å². The highest BCUT2D eigenvalue weighted by molar-refractivity contribution is 9.10. The molecule has 1 amide bonds. The van der Waals surface area contributed by atoms with Gasteiger partial charge in [0.05, 0.1) is 17.7 Å². The highest BCUT2D eigenvalue weighted by Gasteiger charge is 2.37. The molecule has 0 aliphatic heterocycles. The van der Waals surface area contributed by atoms with Gasteiger partial charge in [0.1, 0.15) is 4.60 Å². The van der Waals surface area contributed by atoms with Crippen molar-refractivity contribution in [3.8, 4) is 0 Å². The highest BCUT2D eigenvalue weighted by atomic mass is 79.9. The maximum absolute atomic E-state index is 11.8. The lowest BCUT2D eigenvalue weighted by molar-refractivity contribution is 0.0641. The van der Waals surface area contributed by atoms with Gasteiger partial charge in [-0.05, 0) is 47.3 Å². The Kier molecular flexibility index (Phi) is 3.25. The SMILES string of the molecule is O=C(NC1(CO)CCC1)c1ccc(Br)nc1. The number of aliphatic hydroxyl groups excluding tert-OH is 1. The zero-order valence-electron chi connectivity index (χ0n) is 8.74. The van der Waals surface area contributed by atoms with Crippen molar-refractivity contribution >= 4 is 21.8 Å². The van der Waals surface area contributed by atoms with Gasteiger partial charge in [-0.2, -0.15) is 0 Å². The number of aliphatic hydroxyl groups is 1. The van der Waals surface area contributed by atoms with Crippen molar-refractivity contribution < 1.29 is 9.90 Å². The van der Waals surface area contributed by atoms with Crippen LogP contribution in [0.5, 0.6) is 0 Å². The second-order valence-electron chi connectivity index (χ2n) is 4.12. The molecule has 0 aromatic carbocycles. The van der Waals surface area contributed by atoms with Crippen LogP contribution in [0.4, 0.5) is 0 Å². The molecule has 2 rings (SSSR count). The third kappa shape index (κ3) is 2.25. The predicted molar refractivity (Wildman–Crippen MR) is 63.1 cm³/mol. The average Bonchev–Trinajstić information content (AvgIpc) is 2.24. The topological polar surface area (TPSA) is 62.2 Å². The average molecular weight is 285 g/mol. The van der Waals surface area contributed by atoms with Crippen molar-refractivity contribution in [2.45, 2.75) is 24.8 Å². The van der Waals surface area contributed by atoms with Gasteiger partial charge < -0.3 is 10.4 Å². The standard InChI is InChI=1S/C11H13BrN2O2/c12-9-3-2-8(6-13-9)10(16)14-11(7-15)4-1-5-11/h2-3,6,15H,1,4-5,7H2,(H,14,16). The maximum Gasteiger partial charge on any atom is 0.253 e. The smallest absolute Gasteiger partial charge is 0.253 e. The molecule has 4 nitrogen and oxygen atoms in total. The van der Waals surface area contributed by atoms with Crippen LogP contribution >= 0.6 is 15.9 Å². The van der Waals surface area contributed by atoms with Crippen molar-refractivity contribution in [2.75, 3.05) is 6.61 Å². The van der Waals surface area contributed by atoms with E-state index in [0.717, 1.165) is 19.3 Å². The molecule has 1 aliphatic rings. The van der Waals surface area contributed by atoms with E-state index in [0.29, 0.717) is 10.2 Å². The van der Waals surface area contributed by atoms with E-state index in [-0.39, 0.29) is 12.5 Å². The summed E-state index contributed by atoms with van der Waals surface area (Å²) < 4.78 is 0.699. The second-order valence-corrected chi connectivity index (χ2v) is 4.93. The minimum Gasteiger partial charge on any atom is -0.394 e. The molecular formula is C11H13BrN2O2. The quantitative estimate of drug-likeness (QED) is 0.827. The number of nitrogens with one attached hydrogen (secondary N) is 1. The fraction of sp³-hybridized carbons (Fsp3) is 0.455. The molecule has 0 spiro atoms. The van der Waals surface area contributed by atoms with Gasteiger partial charge in [0.2, 0.25) is 0 Å². The van der Waals surface area contributed by atoms with E-state index in [1.165, 1.54) is 6.20 Å². The molecule has 16 heavy (non-hydrogen) atoms. The van der Waals surface area contributed by atoms with E-state index < -0.39 is 5.54 Å². The molecule has 0 saturated heterocycles. The molecule has 1 saturated carbocycles. The second kappa shape index (κ2) is 4.51. The molecule has 1 aromatic heterocycles. The molecule has 1 heterocycles. The summed E-state index contributed by atoms with van der Waals surface area (Å²) in [5, 5.41) is 12.1. The number of hydrogen-bond donors (Lipinski definition) is 2. The zero-order chi connectivity index (χ0) is 11.6. The van der Waals surface area contributed by atoms with Crippen molar-refractivity contribution in [2.24, 2.45) is 0 Å². The minimum absolute atomic E-state index is 0.00268. The predicted octanol–water partition coefficient (Wildman–Crippen LogP) is 1.49. The Morgan fingerprint density at radius 1 is 1.56 bits per heavy atom. The first kappa shape index (κ1) is 11.5. The van der Waals surface area contributed by atoms with E-state index in [2.05, 4.69) is 26.2 Å². The van der Waals surface area contributed by atoms with Gasteiger partial charge >= 0.3 is 0 Å². The Morgan fingerprint density at radius 3 is 2.75 bits per heavy atom. The summed E-state index contributed by atoms with van der Waals surface area (Å²) in [5.74, 6) is -0.172. The zero-order valence-corrected chi connectivity index (χ0v) is 10.3. The summed E-state index contributed by atoms with van der Waals surface area (Å²) in [6, 6.07) is 3.43. The molecule has 0 unspecified atom stereocenters. The number of aromatic nitrogens is 1. The highest BCUT2D eigenvalue weighted by Crippen LogP contribution is 2.31. The molecule has 1 fully saturated rings. The Labute approximate surface area is 102 Å². The number of amides is 1. The Morgan fingerprint density at radius 2 is 2.31 bits per heavy atom. The lowest BCUT2D eigenvalue weighted by atomic mass is 9.77. The fourth-order valence-corrected chi connectivity index (χ4v) is 1.98. The van der Waals surface area contributed by atoms with Crippen molar-refractivity contribution in [1.29, 1.82) is 0 Å². The van der Waals surface area contributed by atoms with Gasteiger partial charge in [-0.25, -0.2) is 4.98 Å². The number of rotatable bonds is 3. The Balaban J connectivity index is 2.05. The molecule has 5 heteroatoms. The van der Waals surface area contributed by atoms with Crippen LogP contribution in [0.3, 0.4) is 0 Å². The van der Waals surface area contributed by atoms with Crippen LogP contribution in [0.2, 0.25) is 0 Å². The molecule has 0 radical (unpaired) electrons. The summed E-state index contributed by atoms with van der Waals surface area (Å²) in [7, 11) is 0. The van der Waals surface area contributed by atoms with Gasteiger partial charge in [0.25, 0.3) is 5.91 Å². The van der Waals surface area contributed by atoms with Crippen LogP contribution in [-0.2, 0) is 0 Å². The first-order valence-electron chi connectivity index (χ1n) is 5.20. The third-order valence-electron chi connectivity index (χ3n) is 2.98. The Bertz CT molecular complexity index is 382. The van der Waals surface area contributed by atoms with E-state index >= 15 is 0 Å². The van der Waals surface area contributed by atoms with Crippen LogP contribution in [-0.4, -0.2) is 28.1 Å². The van der Waals surface area contributed by atoms with E-state index in [4.69, 9.17) is 0 Å². The van der Waals surface area contributed by atoms with E-state index in [1.807, 2.05) is 0 Å². The number of halogens is 1. The molecular weight excluding hydrogens is 272 g/mol. The largest absolute Gasteiger partial charge is 0.394 e. The van der Waals surface area contributed by atoms with Crippen molar-refractivity contribution in [3.63, 3.8) is 0 Å². The van der Waals surface area contributed by atoms with Gasteiger partial charge in [-0.15, -0.1) is 0 Å². The van der Waals surface area contributed by atoms with Crippen molar-refractivity contribution in [3.05, 3.63) is 28.5 Å². The van der Waals surface area contributed by atoms with Crippen LogP contribution in [0.15, 0.2) is 22.9 Å². The van der Waals surface area contributed by atoms with Gasteiger partial charge in [0.15, 0.2) is 0 Å². The summed E-state index contributed by atoms with van der Waals surface area (Å²) in [6.07, 6.45) is 4.26. The number of pyridine rings is 1. The normalized spacial score (nSPS) is 17.6. The lowest BCUT2D eigenvalue weighted by Crippen LogP contribution is -2.56. The van der Waals surface area contributed by atoms with E-state index in [9.17, 15) is 9.90 Å². The van der Waals surface area contributed by atoms with Crippen LogP contribution < -0.4 is 5.32 Å². The first-order chi connectivity index (χ1) is 7.65. The Hall–Kier alpha value is -0.940. The summed E-state index contributed by atoms with van der Waals surface area (Å²) >= 11 is 3.21. The van der Waals surface area contributed by atoms with Crippen LogP contribution in [0.1, 0.15) is 29.6 Å². The number of nitrogens with zero attached hydrogens (tertiary/aromatic N) is 1. The molecule has 0 bridgehead atoms. The maximum atomic E-state index is 11.8. The fourth-order valence-electron chi connectivity index (χ4n) is 1.75. The number of hydrogen-bond acceptors (Lipinski definition) is 3. The number of carbonyl (C=O) groups is 1. The van der Waals surface area contributed by atoms with Gasteiger partial charge in [0, 0.05) is 6.20 Å². The van der Waals surface area contributed by atoms with E-state index in [1.54, 1.807) is 12.1 Å². The van der Waals surface area contributed by atoms with Crippen LogP contribution in [0.25, 0.3) is 0 Å². The molecule has 0 atom stereocenters. The summed E-state index contributed by atoms with van der Waals surface area (Å²) in [4.78, 5) is 15.8. The summed E-state index contributed by atoms with van der Waals surface area (Å²) in [6.45, 7) is 0.00268. The molecule has 2 N–H and O–H groups in total.